The van der Waals surface area contributed by atoms with E-state index in [1.165, 1.54) is 22.7 Å². The van der Waals surface area contributed by atoms with Gasteiger partial charge in [-0.3, -0.25) is 14.5 Å². The number of benzene rings is 2. The molecule has 1 saturated heterocycles. The number of nitrogens with one attached hydrogen (secondary N) is 1. The Bertz CT molecular complexity index is 931. The second kappa shape index (κ2) is 8.84. The van der Waals surface area contributed by atoms with Gasteiger partial charge in [-0.25, -0.2) is 9.82 Å². The zero-order valence-electron chi connectivity index (χ0n) is 15.4. The summed E-state index contributed by atoms with van der Waals surface area (Å²) in [7, 11) is 0. The molecule has 0 aliphatic carbocycles. The Hall–Kier alpha value is -2.93. The maximum atomic E-state index is 14.6. The molecule has 1 N–H and O–H groups in total. The highest BCUT2D eigenvalue weighted by molar-refractivity contribution is 8.15. The fourth-order valence-electron chi connectivity index (χ4n) is 2.79. The minimum Gasteiger partial charge on any atom is -0.285 e. The van der Waals surface area contributed by atoms with Crippen molar-refractivity contribution in [3.05, 3.63) is 72.6 Å². The minimum atomic E-state index is -0.598. The summed E-state index contributed by atoms with van der Waals surface area (Å²) in [4.78, 5) is 25.7. The summed E-state index contributed by atoms with van der Waals surface area (Å²) in [5.41, 5.74) is 4.29. The first-order valence-electron chi connectivity index (χ1n) is 8.77. The van der Waals surface area contributed by atoms with E-state index >= 15 is 0 Å². The molecule has 5 nitrogen and oxygen atoms in total. The Balaban J connectivity index is 1.71. The van der Waals surface area contributed by atoms with Gasteiger partial charge in [0.1, 0.15) is 5.82 Å². The molecule has 7 heteroatoms. The van der Waals surface area contributed by atoms with Crippen molar-refractivity contribution >= 4 is 28.7 Å². The highest BCUT2D eigenvalue weighted by atomic mass is 32.2. The first-order valence-corrected chi connectivity index (χ1v) is 9.76. The molecule has 1 unspecified atom stereocenters. The molecule has 0 saturated carbocycles. The number of halogens is 1. The van der Waals surface area contributed by atoms with Gasteiger partial charge in [0.05, 0.1) is 11.7 Å². The topological polar surface area (TPSA) is 61.8 Å². The standard InChI is InChI=1S/C21H20FN3O2S/c1-3-11-25-19(26)13-28-21(25)24-23-20(27)14(2)16-9-10-17(18(22)12-16)15-7-5-4-6-8-15/h3-10,12,14H,1,11,13H2,2H3,(H,23,27)/b24-21-. The van der Waals surface area contributed by atoms with E-state index in [2.05, 4.69) is 17.1 Å². The summed E-state index contributed by atoms with van der Waals surface area (Å²) in [6.45, 7) is 5.63. The van der Waals surface area contributed by atoms with Crippen LogP contribution in [-0.2, 0) is 9.59 Å². The third-order valence-corrected chi connectivity index (χ3v) is 5.36. The van der Waals surface area contributed by atoms with Gasteiger partial charge in [0.2, 0.25) is 11.8 Å². The maximum Gasteiger partial charge on any atom is 0.247 e. The molecule has 2 aromatic rings. The highest BCUT2D eigenvalue weighted by Crippen LogP contribution is 2.26. The van der Waals surface area contributed by atoms with E-state index in [4.69, 9.17) is 0 Å². The second-order valence-electron chi connectivity index (χ2n) is 6.28. The molecule has 1 aliphatic rings. The number of hydrogen-bond donors (Lipinski definition) is 1. The number of hydrazone groups is 1. The normalized spacial score (nSPS) is 16.3. The van der Waals surface area contributed by atoms with Crippen LogP contribution in [-0.4, -0.2) is 34.2 Å². The number of amidine groups is 1. The Morgan fingerprint density at radius 2 is 2.11 bits per heavy atom. The Morgan fingerprint density at radius 1 is 1.36 bits per heavy atom. The molecule has 1 fully saturated rings. The van der Waals surface area contributed by atoms with Gasteiger partial charge in [-0.15, -0.1) is 11.7 Å². The lowest BCUT2D eigenvalue weighted by molar-refractivity contribution is -0.124. The largest absolute Gasteiger partial charge is 0.285 e. The van der Waals surface area contributed by atoms with Gasteiger partial charge >= 0.3 is 0 Å². The molecule has 2 aromatic carbocycles. The number of amides is 2. The molecule has 0 spiro atoms. The fourth-order valence-corrected chi connectivity index (χ4v) is 3.64. The molecular formula is C21H20FN3O2S. The predicted molar refractivity (Wildman–Crippen MR) is 110 cm³/mol. The van der Waals surface area contributed by atoms with Gasteiger partial charge in [-0.05, 0) is 24.1 Å². The molecule has 1 aliphatic heterocycles. The summed E-state index contributed by atoms with van der Waals surface area (Å²) in [5, 5.41) is 4.48. The van der Waals surface area contributed by atoms with Crippen LogP contribution in [0.3, 0.4) is 0 Å². The van der Waals surface area contributed by atoms with Gasteiger partial charge in [-0.1, -0.05) is 60.3 Å². The lowest BCUT2D eigenvalue weighted by Gasteiger charge is -2.15. The third kappa shape index (κ3) is 4.31. The van der Waals surface area contributed by atoms with Crippen molar-refractivity contribution in [3.8, 4) is 11.1 Å². The molecule has 3 rings (SSSR count). The maximum absolute atomic E-state index is 14.6. The molecule has 1 heterocycles. The number of hydrogen-bond acceptors (Lipinski definition) is 4. The van der Waals surface area contributed by atoms with Crippen LogP contribution in [0.4, 0.5) is 4.39 Å². The summed E-state index contributed by atoms with van der Waals surface area (Å²) in [6.07, 6.45) is 1.60. The summed E-state index contributed by atoms with van der Waals surface area (Å²) < 4.78 is 14.6. The first-order chi connectivity index (χ1) is 13.5. The summed E-state index contributed by atoms with van der Waals surface area (Å²) in [5.74, 6) is -1.16. The van der Waals surface area contributed by atoms with Crippen LogP contribution in [0.5, 0.6) is 0 Å². The van der Waals surface area contributed by atoms with Gasteiger partial charge in [-0.2, -0.15) is 0 Å². The van der Waals surface area contributed by atoms with E-state index in [1.54, 1.807) is 25.1 Å². The monoisotopic (exact) mass is 397 g/mol. The number of nitrogens with zero attached hydrogens (tertiary/aromatic N) is 2. The lowest BCUT2D eigenvalue weighted by Crippen LogP contribution is -2.32. The molecule has 1 atom stereocenters. The molecule has 0 radical (unpaired) electrons. The fraction of sp³-hybridized carbons (Fsp3) is 0.190. The van der Waals surface area contributed by atoms with Gasteiger partial charge in [0.15, 0.2) is 5.17 Å². The van der Waals surface area contributed by atoms with E-state index in [-0.39, 0.29) is 23.4 Å². The quantitative estimate of drug-likeness (QED) is 0.597. The first kappa shape index (κ1) is 19.8. The van der Waals surface area contributed by atoms with Crippen LogP contribution < -0.4 is 5.43 Å². The molecule has 144 valence electrons. The van der Waals surface area contributed by atoms with Crippen LogP contribution in [0.15, 0.2) is 66.3 Å². The van der Waals surface area contributed by atoms with E-state index in [0.717, 1.165) is 5.56 Å². The highest BCUT2D eigenvalue weighted by Gasteiger charge is 2.27. The average molecular weight is 397 g/mol. The number of carbonyl (C=O) groups is 2. The molecular weight excluding hydrogens is 377 g/mol. The van der Waals surface area contributed by atoms with Crippen LogP contribution in [0, 0.1) is 5.82 Å². The van der Waals surface area contributed by atoms with Crippen molar-refractivity contribution in [2.75, 3.05) is 12.3 Å². The number of rotatable bonds is 6. The van der Waals surface area contributed by atoms with Crippen molar-refractivity contribution in [1.82, 2.24) is 10.3 Å². The third-order valence-electron chi connectivity index (χ3n) is 4.40. The Kier molecular flexibility index (Phi) is 6.26. The van der Waals surface area contributed by atoms with Gasteiger partial charge < -0.3 is 0 Å². The van der Waals surface area contributed by atoms with E-state index < -0.39 is 5.92 Å². The minimum absolute atomic E-state index is 0.0791. The summed E-state index contributed by atoms with van der Waals surface area (Å²) >= 11 is 1.25. The zero-order valence-corrected chi connectivity index (χ0v) is 16.2. The van der Waals surface area contributed by atoms with Gasteiger partial charge in [0, 0.05) is 12.1 Å². The van der Waals surface area contributed by atoms with Crippen LogP contribution >= 0.6 is 11.8 Å². The predicted octanol–water partition coefficient (Wildman–Crippen LogP) is 3.74. The van der Waals surface area contributed by atoms with Crippen molar-refractivity contribution in [1.29, 1.82) is 0 Å². The molecule has 28 heavy (non-hydrogen) atoms. The van der Waals surface area contributed by atoms with E-state index in [1.807, 2.05) is 30.3 Å². The van der Waals surface area contributed by atoms with Crippen molar-refractivity contribution < 1.29 is 14.0 Å². The van der Waals surface area contributed by atoms with Crippen molar-refractivity contribution in [3.63, 3.8) is 0 Å². The Labute approximate surface area is 167 Å². The summed E-state index contributed by atoms with van der Waals surface area (Å²) in [6, 6.07) is 14.0. The molecule has 0 aromatic heterocycles. The van der Waals surface area contributed by atoms with Gasteiger partial charge in [0.25, 0.3) is 0 Å². The zero-order chi connectivity index (χ0) is 20.1. The lowest BCUT2D eigenvalue weighted by atomic mass is 9.96. The SMILES string of the molecule is C=CCN1C(=O)CS/C1=N\NC(=O)C(C)c1ccc(-c2ccccc2)c(F)c1. The van der Waals surface area contributed by atoms with Crippen LogP contribution in [0.2, 0.25) is 0 Å². The van der Waals surface area contributed by atoms with Crippen molar-refractivity contribution in [2.45, 2.75) is 12.8 Å². The van der Waals surface area contributed by atoms with Crippen molar-refractivity contribution in [2.24, 2.45) is 5.10 Å². The average Bonchev–Trinajstić information content (AvgIpc) is 3.06. The number of thioether (sulfide) groups is 1. The van der Waals surface area contributed by atoms with Crippen LogP contribution in [0.25, 0.3) is 11.1 Å². The Morgan fingerprint density at radius 3 is 2.79 bits per heavy atom. The van der Waals surface area contributed by atoms with E-state index in [9.17, 15) is 14.0 Å². The molecule has 0 bridgehead atoms. The smallest absolute Gasteiger partial charge is 0.247 e. The van der Waals surface area contributed by atoms with E-state index in [0.29, 0.717) is 22.8 Å². The van der Waals surface area contributed by atoms with Crippen LogP contribution in [0.1, 0.15) is 18.4 Å². The number of carbonyl (C=O) groups excluding carboxylic acids is 2. The molecule has 2 amide bonds. The second-order valence-corrected chi connectivity index (χ2v) is 7.22.